The average molecular weight is 381 g/mol. The van der Waals surface area contributed by atoms with Crippen molar-refractivity contribution in [2.24, 2.45) is 0 Å². The van der Waals surface area contributed by atoms with Crippen molar-refractivity contribution in [1.82, 2.24) is 0 Å². The molecule has 2 aromatic rings. The van der Waals surface area contributed by atoms with Crippen LogP contribution in [0.3, 0.4) is 0 Å². The molecule has 0 spiro atoms. The maximum Gasteiger partial charge on any atom is 0.269 e. The first-order valence-electron chi connectivity index (χ1n) is 7.58. The Morgan fingerprint density at radius 3 is 2.54 bits per heavy atom. The standard InChI is InChI=1S/C17H17ClN2O6/c1-24-9-10-25-17-14(18)3-2-4-15(17)19-16(21)11-26-13-7-5-12(6-8-13)20(22)23/h2-8H,9-11H2,1H3,(H,19,21). The summed E-state index contributed by atoms with van der Waals surface area (Å²) in [6.07, 6.45) is 0. The van der Waals surface area contributed by atoms with Crippen molar-refractivity contribution < 1.29 is 23.9 Å². The molecular formula is C17H17ClN2O6. The summed E-state index contributed by atoms with van der Waals surface area (Å²) in [6.45, 7) is 0.381. The third kappa shape index (κ3) is 5.61. The van der Waals surface area contributed by atoms with E-state index in [1.807, 2.05) is 0 Å². The van der Waals surface area contributed by atoms with Gasteiger partial charge in [0.25, 0.3) is 11.6 Å². The van der Waals surface area contributed by atoms with Gasteiger partial charge in [-0.05, 0) is 24.3 Å². The number of nitro groups is 1. The number of rotatable bonds is 9. The third-order valence-corrected chi connectivity index (χ3v) is 3.49. The lowest BCUT2D eigenvalue weighted by Crippen LogP contribution is -2.21. The molecule has 0 aromatic heterocycles. The lowest BCUT2D eigenvalue weighted by atomic mass is 10.3. The van der Waals surface area contributed by atoms with E-state index in [-0.39, 0.29) is 18.9 Å². The summed E-state index contributed by atoms with van der Waals surface area (Å²) in [4.78, 5) is 22.2. The van der Waals surface area contributed by atoms with E-state index in [2.05, 4.69) is 5.32 Å². The van der Waals surface area contributed by atoms with Crippen LogP contribution in [-0.4, -0.2) is 37.8 Å². The van der Waals surface area contributed by atoms with Crippen LogP contribution in [0.15, 0.2) is 42.5 Å². The van der Waals surface area contributed by atoms with Crippen LogP contribution >= 0.6 is 11.6 Å². The molecule has 0 fully saturated rings. The number of hydrogen-bond donors (Lipinski definition) is 1. The Kier molecular flexibility index (Phi) is 7.19. The Bertz CT molecular complexity index is 766. The molecule has 0 atom stereocenters. The molecule has 0 heterocycles. The van der Waals surface area contributed by atoms with Gasteiger partial charge in [-0.2, -0.15) is 0 Å². The maximum atomic E-state index is 12.1. The largest absolute Gasteiger partial charge is 0.487 e. The van der Waals surface area contributed by atoms with Crippen molar-refractivity contribution >= 4 is 28.9 Å². The monoisotopic (exact) mass is 380 g/mol. The lowest BCUT2D eigenvalue weighted by molar-refractivity contribution is -0.384. The van der Waals surface area contributed by atoms with E-state index in [1.165, 1.54) is 24.3 Å². The second kappa shape index (κ2) is 9.59. The van der Waals surface area contributed by atoms with Crippen molar-refractivity contribution in [1.29, 1.82) is 0 Å². The van der Waals surface area contributed by atoms with Gasteiger partial charge >= 0.3 is 0 Å². The van der Waals surface area contributed by atoms with Crippen LogP contribution in [0.5, 0.6) is 11.5 Å². The topological polar surface area (TPSA) is 99.9 Å². The molecule has 8 nitrogen and oxygen atoms in total. The molecular weight excluding hydrogens is 364 g/mol. The minimum Gasteiger partial charge on any atom is -0.487 e. The molecule has 26 heavy (non-hydrogen) atoms. The summed E-state index contributed by atoms with van der Waals surface area (Å²) < 4.78 is 15.8. The predicted octanol–water partition coefficient (Wildman–Crippen LogP) is 3.29. The normalized spacial score (nSPS) is 10.2. The zero-order valence-corrected chi connectivity index (χ0v) is 14.7. The number of carbonyl (C=O) groups excluding carboxylic acids is 1. The number of non-ortho nitro benzene ring substituents is 1. The van der Waals surface area contributed by atoms with Gasteiger partial charge in [0.2, 0.25) is 0 Å². The van der Waals surface area contributed by atoms with E-state index < -0.39 is 10.8 Å². The highest BCUT2D eigenvalue weighted by atomic mass is 35.5. The highest BCUT2D eigenvalue weighted by molar-refractivity contribution is 6.32. The average Bonchev–Trinajstić information content (AvgIpc) is 2.62. The van der Waals surface area contributed by atoms with E-state index in [9.17, 15) is 14.9 Å². The van der Waals surface area contributed by atoms with E-state index in [4.69, 9.17) is 25.8 Å². The van der Waals surface area contributed by atoms with Crippen molar-refractivity contribution in [2.45, 2.75) is 0 Å². The van der Waals surface area contributed by atoms with Crippen LogP contribution in [0.1, 0.15) is 0 Å². The third-order valence-electron chi connectivity index (χ3n) is 3.19. The summed E-state index contributed by atoms with van der Waals surface area (Å²) in [5, 5.41) is 13.6. The number of hydrogen-bond acceptors (Lipinski definition) is 6. The van der Waals surface area contributed by atoms with Gasteiger partial charge in [-0.3, -0.25) is 14.9 Å². The molecule has 1 amide bonds. The molecule has 0 aliphatic rings. The van der Waals surface area contributed by atoms with Gasteiger partial charge in [0, 0.05) is 19.2 Å². The lowest BCUT2D eigenvalue weighted by Gasteiger charge is -2.14. The smallest absolute Gasteiger partial charge is 0.269 e. The predicted molar refractivity (Wildman–Crippen MR) is 96.0 cm³/mol. The van der Waals surface area contributed by atoms with Crippen LogP contribution in [0.25, 0.3) is 0 Å². The highest BCUT2D eigenvalue weighted by Crippen LogP contribution is 2.32. The van der Waals surface area contributed by atoms with Crippen molar-refractivity contribution in [3.8, 4) is 11.5 Å². The van der Waals surface area contributed by atoms with Crippen LogP contribution in [-0.2, 0) is 9.53 Å². The van der Waals surface area contributed by atoms with Crippen molar-refractivity contribution in [3.05, 3.63) is 57.6 Å². The van der Waals surface area contributed by atoms with Crippen LogP contribution in [0.4, 0.5) is 11.4 Å². The fourth-order valence-corrected chi connectivity index (χ4v) is 2.21. The molecule has 0 radical (unpaired) electrons. The first-order valence-corrected chi connectivity index (χ1v) is 7.96. The molecule has 2 aromatic carbocycles. The number of methoxy groups -OCH3 is 1. The Balaban J connectivity index is 1.95. The first kappa shape index (κ1) is 19.5. The molecule has 0 aliphatic heterocycles. The first-order chi connectivity index (χ1) is 12.5. The van der Waals surface area contributed by atoms with Crippen molar-refractivity contribution in [3.63, 3.8) is 0 Å². The Morgan fingerprint density at radius 1 is 1.15 bits per heavy atom. The number of anilines is 1. The summed E-state index contributed by atoms with van der Waals surface area (Å²) in [7, 11) is 1.55. The van der Waals surface area contributed by atoms with Gasteiger partial charge in [-0.25, -0.2) is 0 Å². The van der Waals surface area contributed by atoms with Gasteiger partial charge in [0.1, 0.15) is 12.4 Å². The quantitative estimate of drug-likeness (QED) is 0.407. The molecule has 0 aliphatic carbocycles. The number of ether oxygens (including phenoxy) is 3. The van der Waals surface area contributed by atoms with Crippen LogP contribution in [0.2, 0.25) is 5.02 Å². The van der Waals surface area contributed by atoms with E-state index >= 15 is 0 Å². The minimum atomic E-state index is -0.513. The number of para-hydroxylation sites is 1. The molecule has 0 bridgehead atoms. The van der Waals surface area contributed by atoms with Gasteiger partial charge in [-0.1, -0.05) is 17.7 Å². The van der Waals surface area contributed by atoms with Gasteiger partial charge in [0.05, 0.1) is 22.2 Å². The second-order valence-corrected chi connectivity index (χ2v) is 5.45. The number of nitrogens with one attached hydrogen (secondary N) is 1. The number of nitrogens with zero attached hydrogens (tertiary/aromatic N) is 1. The van der Waals surface area contributed by atoms with Crippen LogP contribution in [0, 0.1) is 10.1 Å². The number of nitro benzene ring substituents is 1. The molecule has 1 N–H and O–H groups in total. The minimum absolute atomic E-state index is 0.0569. The zero-order chi connectivity index (χ0) is 18.9. The maximum absolute atomic E-state index is 12.1. The zero-order valence-electron chi connectivity index (χ0n) is 13.9. The Hall–Kier alpha value is -2.84. The summed E-state index contributed by atoms with van der Waals surface area (Å²) in [6, 6.07) is 10.4. The van der Waals surface area contributed by atoms with E-state index in [0.29, 0.717) is 28.8 Å². The molecule has 0 saturated heterocycles. The SMILES string of the molecule is COCCOc1c(Cl)cccc1NC(=O)COc1ccc([N+](=O)[O-])cc1. The highest BCUT2D eigenvalue weighted by Gasteiger charge is 2.12. The number of carbonyl (C=O) groups is 1. The van der Waals surface area contributed by atoms with Gasteiger partial charge < -0.3 is 19.5 Å². The van der Waals surface area contributed by atoms with E-state index in [1.54, 1.807) is 25.3 Å². The van der Waals surface area contributed by atoms with Crippen LogP contribution < -0.4 is 14.8 Å². The molecule has 9 heteroatoms. The molecule has 138 valence electrons. The van der Waals surface area contributed by atoms with Crippen molar-refractivity contribution in [2.75, 3.05) is 32.2 Å². The summed E-state index contributed by atoms with van der Waals surface area (Å²) >= 11 is 6.10. The summed E-state index contributed by atoms with van der Waals surface area (Å²) in [5.41, 5.74) is 0.351. The van der Waals surface area contributed by atoms with Gasteiger partial charge in [-0.15, -0.1) is 0 Å². The summed E-state index contributed by atoms with van der Waals surface area (Å²) in [5.74, 6) is 0.255. The van der Waals surface area contributed by atoms with E-state index in [0.717, 1.165) is 0 Å². The fourth-order valence-electron chi connectivity index (χ4n) is 1.98. The van der Waals surface area contributed by atoms with Gasteiger partial charge in [0.15, 0.2) is 12.4 Å². The molecule has 2 rings (SSSR count). The number of halogens is 1. The number of amides is 1. The Morgan fingerprint density at radius 2 is 1.88 bits per heavy atom. The molecule has 0 unspecified atom stereocenters. The fraction of sp³-hybridized carbons (Fsp3) is 0.235. The second-order valence-electron chi connectivity index (χ2n) is 5.05. The Labute approximate surface area is 154 Å². The number of benzene rings is 2. The molecule has 0 saturated carbocycles.